The monoisotopic (exact) mass is 248 g/mol. The number of hydrogen-bond acceptors (Lipinski definition) is 2. The molecular formula is C12H25ClN2O. The number of rotatable bonds is 3. The normalized spacial score (nSPS) is 21.5. The van der Waals surface area contributed by atoms with Crippen LogP contribution in [0.1, 0.15) is 40.0 Å². The molecule has 1 rings (SSSR count). The van der Waals surface area contributed by atoms with E-state index in [-0.39, 0.29) is 17.8 Å². The van der Waals surface area contributed by atoms with Crippen molar-refractivity contribution in [3.63, 3.8) is 0 Å². The lowest BCUT2D eigenvalue weighted by atomic mass is 9.87. The van der Waals surface area contributed by atoms with Gasteiger partial charge in [-0.15, -0.1) is 12.4 Å². The molecule has 0 aromatic heterocycles. The van der Waals surface area contributed by atoms with Gasteiger partial charge in [0.25, 0.3) is 0 Å². The molecule has 3 nitrogen and oxygen atoms in total. The molecule has 96 valence electrons. The Balaban J connectivity index is 0.00000225. The van der Waals surface area contributed by atoms with E-state index < -0.39 is 0 Å². The fourth-order valence-electron chi connectivity index (χ4n) is 2.02. The Kier molecular flexibility index (Phi) is 6.34. The average molecular weight is 249 g/mol. The zero-order chi connectivity index (χ0) is 11.5. The van der Waals surface area contributed by atoms with E-state index in [0.29, 0.717) is 18.4 Å². The van der Waals surface area contributed by atoms with Crippen LogP contribution in [0.25, 0.3) is 0 Å². The molecule has 0 aliphatic carbocycles. The van der Waals surface area contributed by atoms with Gasteiger partial charge in [-0.1, -0.05) is 20.8 Å². The van der Waals surface area contributed by atoms with Gasteiger partial charge in [-0.25, -0.2) is 0 Å². The Morgan fingerprint density at radius 1 is 1.50 bits per heavy atom. The molecule has 1 heterocycles. The number of piperidine rings is 1. The maximum Gasteiger partial charge on any atom is 0.228 e. The SMILES string of the molecule is CCC(C)(C)C(=O)N1CCCC(CN)C1.Cl. The molecule has 2 N–H and O–H groups in total. The van der Waals surface area contributed by atoms with E-state index in [4.69, 9.17) is 5.73 Å². The molecule has 0 aromatic rings. The first-order valence-corrected chi connectivity index (χ1v) is 6.00. The average Bonchev–Trinajstić information content (AvgIpc) is 2.28. The number of nitrogens with two attached hydrogens (primary N) is 1. The highest BCUT2D eigenvalue weighted by atomic mass is 35.5. The predicted molar refractivity (Wildman–Crippen MR) is 69.7 cm³/mol. The second-order valence-corrected chi connectivity index (χ2v) is 5.23. The largest absolute Gasteiger partial charge is 0.342 e. The third-order valence-corrected chi connectivity index (χ3v) is 3.60. The number of halogens is 1. The summed E-state index contributed by atoms with van der Waals surface area (Å²) < 4.78 is 0. The van der Waals surface area contributed by atoms with Crippen LogP contribution in [-0.4, -0.2) is 30.4 Å². The van der Waals surface area contributed by atoms with E-state index in [2.05, 4.69) is 6.92 Å². The van der Waals surface area contributed by atoms with Crippen LogP contribution in [0.2, 0.25) is 0 Å². The second-order valence-electron chi connectivity index (χ2n) is 5.23. The van der Waals surface area contributed by atoms with Crippen molar-refractivity contribution < 1.29 is 4.79 Å². The summed E-state index contributed by atoms with van der Waals surface area (Å²) in [4.78, 5) is 14.2. The van der Waals surface area contributed by atoms with Gasteiger partial charge in [-0.05, 0) is 31.7 Å². The summed E-state index contributed by atoms with van der Waals surface area (Å²) in [7, 11) is 0. The third-order valence-electron chi connectivity index (χ3n) is 3.60. The summed E-state index contributed by atoms with van der Waals surface area (Å²) in [6, 6.07) is 0. The minimum Gasteiger partial charge on any atom is -0.342 e. The number of carbonyl (C=O) groups is 1. The van der Waals surface area contributed by atoms with Gasteiger partial charge in [0.1, 0.15) is 0 Å². The van der Waals surface area contributed by atoms with Crippen molar-refractivity contribution in [2.75, 3.05) is 19.6 Å². The summed E-state index contributed by atoms with van der Waals surface area (Å²) in [5.41, 5.74) is 5.46. The van der Waals surface area contributed by atoms with Gasteiger partial charge in [0, 0.05) is 18.5 Å². The van der Waals surface area contributed by atoms with Crippen LogP contribution in [0.15, 0.2) is 0 Å². The number of hydrogen-bond donors (Lipinski definition) is 1. The summed E-state index contributed by atoms with van der Waals surface area (Å²) in [6.07, 6.45) is 3.18. The first-order valence-electron chi connectivity index (χ1n) is 6.00. The fraction of sp³-hybridized carbons (Fsp3) is 0.917. The van der Waals surface area contributed by atoms with Crippen LogP contribution in [0, 0.1) is 11.3 Å². The Morgan fingerprint density at radius 3 is 2.62 bits per heavy atom. The van der Waals surface area contributed by atoms with Crippen molar-refractivity contribution in [1.29, 1.82) is 0 Å². The Labute approximate surface area is 105 Å². The van der Waals surface area contributed by atoms with E-state index in [1.54, 1.807) is 0 Å². The molecule has 16 heavy (non-hydrogen) atoms. The van der Waals surface area contributed by atoms with Crippen LogP contribution in [0.3, 0.4) is 0 Å². The summed E-state index contributed by atoms with van der Waals surface area (Å²) in [5.74, 6) is 0.804. The van der Waals surface area contributed by atoms with Gasteiger partial charge in [-0.2, -0.15) is 0 Å². The standard InChI is InChI=1S/C12H24N2O.ClH/c1-4-12(2,3)11(15)14-7-5-6-10(8-13)9-14;/h10H,4-9,13H2,1-3H3;1H. The molecule has 1 unspecified atom stereocenters. The van der Waals surface area contributed by atoms with Crippen molar-refractivity contribution in [3.8, 4) is 0 Å². The molecule has 0 spiro atoms. The number of likely N-dealkylation sites (tertiary alicyclic amines) is 1. The van der Waals surface area contributed by atoms with Gasteiger partial charge in [0.15, 0.2) is 0 Å². The van der Waals surface area contributed by atoms with Gasteiger partial charge in [0.05, 0.1) is 0 Å². The van der Waals surface area contributed by atoms with E-state index in [1.165, 1.54) is 6.42 Å². The second kappa shape index (κ2) is 6.45. The lowest BCUT2D eigenvalue weighted by Gasteiger charge is -2.37. The van der Waals surface area contributed by atoms with Gasteiger partial charge < -0.3 is 10.6 Å². The van der Waals surface area contributed by atoms with Crippen LogP contribution < -0.4 is 5.73 Å². The van der Waals surface area contributed by atoms with Crippen molar-refractivity contribution in [2.24, 2.45) is 17.1 Å². The van der Waals surface area contributed by atoms with E-state index in [1.807, 2.05) is 18.7 Å². The Morgan fingerprint density at radius 2 is 2.12 bits per heavy atom. The number of carbonyl (C=O) groups excluding carboxylic acids is 1. The highest BCUT2D eigenvalue weighted by Gasteiger charge is 2.32. The Hall–Kier alpha value is -0.280. The van der Waals surface area contributed by atoms with Gasteiger partial charge in [0.2, 0.25) is 5.91 Å². The Bertz CT molecular complexity index is 231. The molecular weight excluding hydrogens is 224 g/mol. The molecule has 1 aliphatic heterocycles. The van der Waals surface area contributed by atoms with Gasteiger partial charge in [-0.3, -0.25) is 4.79 Å². The lowest BCUT2D eigenvalue weighted by molar-refractivity contribution is -0.142. The molecule has 4 heteroatoms. The maximum absolute atomic E-state index is 12.2. The van der Waals surface area contributed by atoms with Crippen molar-refractivity contribution >= 4 is 18.3 Å². The van der Waals surface area contributed by atoms with Crippen LogP contribution in [-0.2, 0) is 4.79 Å². The third kappa shape index (κ3) is 3.63. The van der Waals surface area contributed by atoms with Crippen molar-refractivity contribution in [2.45, 2.75) is 40.0 Å². The number of nitrogens with zero attached hydrogens (tertiary/aromatic N) is 1. The van der Waals surface area contributed by atoms with Crippen molar-refractivity contribution in [3.05, 3.63) is 0 Å². The van der Waals surface area contributed by atoms with Crippen LogP contribution >= 0.6 is 12.4 Å². The van der Waals surface area contributed by atoms with E-state index >= 15 is 0 Å². The number of amides is 1. The molecule has 0 bridgehead atoms. The molecule has 1 fully saturated rings. The molecule has 1 aliphatic rings. The minimum atomic E-state index is -0.212. The lowest BCUT2D eigenvalue weighted by Crippen LogP contribution is -2.47. The maximum atomic E-state index is 12.2. The first-order chi connectivity index (χ1) is 7.01. The zero-order valence-electron chi connectivity index (χ0n) is 10.7. The van der Waals surface area contributed by atoms with Gasteiger partial charge >= 0.3 is 0 Å². The minimum absolute atomic E-state index is 0. The molecule has 0 radical (unpaired) electrons. The topological polar surface area (TPSA) is 46.3 Å². The predicted octanol–water partition coefficient (Wildman–Crippen LogP) is 2.04. The molecule has 1 saturated heterocycles. The quantitative estimate of drug-likeness (QED) is 0.831. The van der Waals surface area contributed by atoms with E-state index in [9.17, 15) is 4.79 Å². The molecule has 0 aromatic carbocycles. The molecule has 0 saturated carbocycles. The van der Waals surface area contributed by atoms with E-state index in [0.717, 1.165) is 25.9 Å². The van der Waals surface area contributed by atoms with Crippen LogP contribution in [0.5, 0.6) is 0 Å². The van der Waals surface area contributed by atoms with Crippen LogP contribution in [0.4, 0.5) is 0 Å². The summed E-state index contributed by atoms with van der Waals surface area (Å²) >= 11 is 0. The smallest absolute Gasteiger partial charge is 0.228 e. The zero-order valence-corrected chi connectivity index (χ0v) is 11.5. The first kappa shape index (κ1) is 15.7. The van der Waals surface area contributed by atoms with Crippen molar-refractivity contribution in [1.82, 2.24) is 4.90 Å². The molecule has 1 amide bonds. The summed E-state index contributed by atoms with van der Waals surface area (Å²) in [5, 5.41) is 0. The fourth-order valence-corrected chi connectivity index (χ4v) is 2.02. The molecule has 1 atom stereocenters. The highest BCUT2D eigenvalue weighted by Crippen LogP contribution is 2.26. The highest BCUT2D eigenvalue weighted by molar-refractivity contribution is 5.85. The summed E-state index contributed by atoms with van der Waals surface area (Å²) in [6.45, 7) is 8.61.